The first kappa shape index (κ1) is 21.5. The third-order valence-corrected chi connectivity index (χ3v) is 3.86. The number of carbonyl (C=O) groups excluding carboxylic acids is 1. The fourth-order valence-corrected chi connectivity index (χ4v) is 2.65. The van der Waals surface area contributed by atoms with Crippen LogP contribution in [0.3, 0.4) is 0 Å². The van der Waals surface area contributed by atoms with Crippen molar-refractivity contribution in [3.8, 4) is 11.8 Å². The average Bonchev–Trinajstić information content (AvgIpc) is 2.63. The molecule has 0 spiro atoms. The number of ether oxygens (including phenoxy) is 2. The Balaban J connectivity index is 2.29. The van der Waals surface area contributed by atoms with Gasteiger partial charge in [-0.3, -0.25) is 4.79 Å². The zero-order valence-corrected chi connectivity index (χ0v) is 15.5. The standard InChI is InChI=1S/C19H16ClF3N2O3/c1-27-7-6-18(26)25(16-9-14(11-24)8-15(20)10-16)12-13-2-4-17(5-3-13)28-19(21,22)23/h2-5,8-10H,6-7,12H2,1H3. The molecule has 2 aromatic rings. The van der Waals surface area contributed by atoms with Crippen LogP contribution in [0.15, 0.2) is 42.5 Å². The number of rotatable bonds is 7. The Hall–Kier alpha value is -2.76. The average molecular weight is 413 g/mol. The second-order valence-electron chi connectivity index (χ2n) is 5.72. The Kier molecular flexibility index (Phi) is 7.26. The highest BCUT2D eigenvalue weighted by molar-refractivity contribution is 6.31. The van der Waals surface area contributed by atoms with E-state index in [0.29, 0.717) is 11.3 Å². The molecule has 1 amide bonds. The van der Waals surface area contributed by atoms with Crippen molar-refractivity contribution < 1.29 is 27.4 Å². The first-order valence-corrected chi connectivity index (χ1v) is 8.44. The molecule has 0 N–H and O–H groups in total. The second kappa shape index (κ2) is 9.44. The number of benzene rings is 2. The summed E-state index contributed by atoms with van der Waals surface area (Å²) in [5, 5.41) is 9.41. The fourth-order valence-electron chi connectivity index (χ4n) is 2.42. The van der Waals surface area contributed by atoms with Crippen LogP contribution in [0.1, 0.15) is 17.5 Å². The maximum Gasteiger partial charge on any atom is 0.573 e. The third kappa shape index (κ3) is 6.44. The van der Waals surface area contributed by atoms with Gasteiger partial charge in [-0.15, -0.1) is 13.2 Å². The van der Waals surface area contributed by atoms with E-state index in [0.717, 1.165) is 0 Å². The SMILES string of the molecule is COCCC(=O)N(Cc1ccc(OC(F)(F)F)cc1)c1cc(Cl)cc(C#N)c1. The predicted molar refractivity (Wildman–Crippen MR) is 97.0 cm³/mol. The highest BCUT2D eigenvalue weighted by Gasteiger charge is 2.31. The summed E-state index contributed by atoms with van der Waals surface area (Å²) < 4.78 is 45.6. The van der Waals surface area contributed by atoms with Crippen molar-refractivity contribution in [2.45, 2.75) is 19.3 Å². The van der Waals surface area contributed by atoms with Gasteiger partial charge in [0, 0.05) is 17.8 Å². The van der Waals surface area contributed by atoms with Gasteiger partial charge in [-0.05, 0) is 35.9 Å². The number of methoxy groups -OCH3 is 1. The van der Waals surface area contributed by atoms with Crippen molar-refractivity contribution in [2.24, 2.45) is 0 Å². The predicted octanol–water partition coefficient (Wildman–Crippen LogP) is 4.68. The van der Waals surface area contributed by atoms with Crippen LogP contribution in [0, 0.1) is 11.3 Å². The summed E-state index contributed by atoms with van der Waals surface area (Å²) in [5.74, 6) is -0.647. The number of carbonyl (C=O) groups is 1. The molecule has 0 fully saturated rings. The van der Waals surface area contributed by atoms with Crippen molar-refractivity contribution in [1.82, 2.24) is 0 Å². The molecule has 28 heavy (non-hydrogen) atoms. The number of halogens is 4. The van der Waals surface area contributed by atoms with E-state index in [1.165, 1.54) is 54.5 Å². The van der Waals surface area contributed by atoms with E-state index in [2.05, 4.69) is 4.74 Å². The Bertz CT molecular complexity index is 864. The normalized spacial score (nSPS) is 11.0. The van der Waals surface area contributed by atoms with E-state index in [4.69, 9.17) is 21.6 Å². The Morgan fingerprint density at radius 1 is 1.21 bits per heavy atom. The van der Waals surface area contributed by atoms with E-state index < -0.39 is 6.36 Å². The van der Waals surface area contributed by atoms with E-state index in [1.807, 2.05) is 6.07 Å². The van der Waals surface area contributed by atoms with Gasteiger partial charge in [-0.1, -0.05) is 23.7 Å². The molecule has 0 bridgehead atoms. The van der Waals surface area contributed by atoms with Gasteiger partial charge in [-0.2, -0.15) is 5.26 Å². The zero-order chi connectivity index (χ0) is 20.7. The molecule has 0 aliphatic heterocycles. The molecule has 0 heterocycles. The molecule has 0 saturated heterocycles. The zero-order valence-electron chi connectivity index (χ0n) is 14.8. The van der Waals surface area contributed by atoms with E-state index in [9.17, 15) is 18.0 Å². The summed E-state index contributed by atoms with van der Waals surface area (Å²) in [6, 6.07) is 11.7. The van der Waals surface area contributed by atoms with E-state index in [1.54, 1.807) is 0 Å². The molecule has 0 saturated carbocycles. The molecule has 148 valence electrons. The molecule has 2 rings (SSSR count). The topological polar surface area (TPSA) is 62.6 Å². The number of nitriles is 1. The van der Waals surface area contributed by atoms with Crippen LogP contribution in [0.2, 0.25) is 5.02 Å². The fraction of sp³-hybridized carbons (Fsp3) is 0.263. The first-order chi connectivity index (χ1) is 13.2. The summed E-state index contributed by atoms with van der Waals surface area (Å²) in [4.78, 5) is 14.0. The molecule has 5 nitrogen and oxygen atoms in total. The van der Waals surface area contributed by atoms with Crippen LogP contribution in [0.5, 0.6) is 5.75 Å². The van der Waals surface area contributed by atoms with Gasteiger partial charge in [0.15, 0.2) is 0 Å². The van der Waals surface area contributed by atoms with Crippen LogP contribution in [-0.4, -0.2) is 26.0 Å². The lowest BCUT2D eigenvalue weighted by Crippen LogP contribution is -2.31. The molecule has 0 aliphatic rings. The maximum atomic E-state index is 12.6. The summed E-state index contributed by atoms with van der Waals surface area (Å²) in [6.07, 6.45) is -4.70. The van der Waals surface area contributed by atoms with Crippen LogP contribution in [-0.2, 0) is 16.1 Å². The summed E-state index contributed by atoms with van der Waals surface area (Å²) in [6.45, 7) is 0.263. The molecule has 2 aromatic carbocycles. The number of anilines is 1. The Labute approximate surface area is 164 Å². The summed E-state index contributed by atoms with van der Waals surface area (Å²) >= 11 is 6.03. The molecular formula is C19H16ClF3N2O3. The van der Waals surface area contributed by atoms with Crippen LogP contribution in [0.4, 0.5) is 18.9 Å². The highest BCUT2D eigenvalue weighted by Crippen LogP contribution is 2.26. The molecular weight excluding hydrogens is 397 g/mol. The lowest BCUT2D eigenvalue weighted by Gasteiger charge is -2.24. The Morgan fingerprint density at radius 2 is 1.89 bits per heavy atom. The number of alkyl halides is 3. The molecule has 9 heteroatoms. The number of hydrogen-bond acceptors (Lipinski definition) is 4. The maximum absolute atomic E-state index is 12.6. The van der Waals surface area contributed by atoms with Crippen molar-refractivity contribution in [1.29, 1.82) is 5.26 Å². The van der Waals surface area contributed by atoms with Gasteiger partial charge >= 0.3 is 6.36 Å². The highest BCUT2D eigenvalue weighted by atomic mass is 35.5. The quantitative estimate of drug-likeness (QED) is 0.662. The minimum Gasteiger partial charge on any atom is -0.406 e. The van der Waals surface area contributed by atoms with E-state index in [-0.39, 0.29) is 41.8 Å². The molecule has 0 atom stereocenters. The molecule has 0 aromatic heterocycles. The third-order valence-electron chi connectivity index (χ3n) is 3.64. The van der Waals surface area contributed by atoms with Gasteiger partial charge in [-0.25, -0.2) is 0 Å². The van der Waals surface area contributed by atoms with Crippen LogP contribution in [0.25, 0.3) is 0 Å². The lowest BCUT2D eigenvalue weighted by molar-refractivity contribution is -0.274. The van der Waals surface area contributed by atoms with Crippen LogP contribution >= 0.6 is 11.6 Å². The number of hydrogen-bond donors (Lipinski definition) is 0. The Morgan fingerprint density at radius 3 is 2.46 bits per heavy atom. The van der Waals surface area contributed by atoms with Gasteiger partial charge in [0.25, 0.3) is 0 Å². The number of amides is 1. The van der Waals surface area contributed by atoms with Crippen molar-refractivity contribution in [3.05, 3.63) is 58.6 Å². The smallest absolute Gasteiger partial charge is 0.406 e. The van der Waals surface area contributed by atoms with Gasteiger partial charge in [0.1, 0.15) is 5.75 Å². The largest absolute Gasteiger partial charge is 0.573 e. The minimum absolute atomic E-state index is 0.0695. The second-order valence-corrected chi connectivity index (χ2v) is 6.16. The van der Waals surface area contributed by atoms with Gasteiger partial charge < -0.3 is 14.4 Å². The first-order valence-electron chi connectivity index (χ1n) is 8.06. The lowest BCUT2D eigenvalue weighted by atomic mass is 10.1. The minimum atomic E-state index is -4.78. The van der Waals surface area contributed by atoms with Crippen molar-refractivity contribution in [2.75, 3.05) is 18.6 Å². The van der Waals surface area contributed by atoms with Crippen LogP contribution < -0.4 is 9.64 Å². The van der Waals surface area contributed by atoms with Crippen molar-refractivity contribution >= 4 is 23.2 Å². The van der Waals surface area contributed by atoms with Gasteiger partial charge in [0.2, 0.25) is 5.91 Å². The van der Waals surface area contributed by atoms with Gasteiger partial charge in [0.05, 0.1) is 31.2 Å². The van der Waals surface area contributed by atoms with Crippen molar-refractivity contribution in [3.63, 3.8) is 0 Å². The molecule has 0 radical (unpaired) electrons. The molecule has 0 aliphatic carbocycles. The summed E-state index contributed by atoms with van der Waals surface area (Å²) in [5.41, 5.74) is 1.25. The number of nitrogens with zero attached hydrogens (tertiary/aromatic N) is 2. The van der Waals surface area contributed by atoms with E-state index >= 15 is 0 Å². The summed E-state index contributed by atoms with van der Waals surface area (Å²) in [7, 11) is 1.46. The molecule has 0 unspecified atom stereocenters. The monoisotopic (exact) mass is 412 g/mol.